The molecule has 2 rings (SSSR count). The van der Waals surface area contributed by atoms with Crippen LogP contribution in [-0.2, 0) is 5.75 Å². The molecule has 0 radical (unpaired) electrons. The summed E-state index contributed by atoms with van der Waals surface area (Å²) in [6.07, 6.45) is 1.08. The van der Waals surface area contributed by atoms with Crippen molar-refractivity contribution < 1.29 is 4.74 Å². The summed E-state index contributed by atoms with van der Waals surface area (Å²) in [4.78, 5) is 0. The maximum absolute atomic E-state index is 5.43. The highest BCUT2D eigenvalue weighted by atomic mass is 32.2. The Morgan fingerprint density at radius 1 is 1.12 bits per heavy atom. The highest BCUT2D eigenvalue weighted by Crippen LogP contribution is 2.17. The Bertz CT molecular complexity index is 659. The van der Waals surface area contributed by atoms with E-state index in [1.54, 1.807) is 0 Å². The number of ether oxygens (including phenoxy) is 1. The van der Waals surface area contributed by atoms with Crippen molar-refractivity contribution in [1.82, 2.24) is 5.32 Å². The van der Waals surface area contributed by atoms with Gasteiger partial charge in [-0.05, 0) is 73.6 Å². The second-order valence-corrected chi connectivity index (χ2v) is 7.18. The van der Waals surface area contributed by atoms with Crippen molar-refractivity contribution in [2.24, 2.45) is 0 Å². The fraction of sp³-hybridized carbons (Fsp3) is 0.350. The Kier molecular flexibility index (Phi) is 8.63. The van der Waals surface area contributed by atoms with Gasteiger partial charge < -0.3 is 15.4 Å². The third-order valence-electron chi connectivity index (χ3n) is 3.69. The van der Waals surface area contributed by atoms with Crippen molar-refractivity contribution in [2.75, 3.05) is 24.2 Å². The smallest absolute Gasteiger partial charge is 0.170 e. The molecule has 0 spiro atoms. The predicted molar refractivity (Wildman–Crippen MR) is 114 cm³/mol. The molecule has 0 aliphatic heterocycles. The Morgan fingerprint density at radius 3 is 2.60 bits per heavy atom. The Balaban J connectivity index is 1.58. The maximum Gasteiger partial charge on any atom is 0.170 e. The fourth-order valence-corrected chi connectivity index (χ4v) is 3.56. The van der Waals surface area contributed by atoms with Crippen LogP contribution in [0.5, 0.6) is 5.75 Å². The maximum atomic E-state index is 5.43. The number of aryl methyl sites for hydroxylation is 1. The second kappa shape index (κ2) is 11.0. The molecule has 3 nitrogen and oxygen atoms in total. The summed E-state index contributed by atoms with van der Waals surface area (Å²) >= 11 is 7.30. The lowest BCUT2D eigenvalue weighted by molar-refractivity contribution is 0.340. The van der Waals surface area contributed by atoms with Crippen LogP contribution in [0.3, 0.4) is 0 Å². The largest absolute Gasteiger partial charge is 0.494 e. The minimum Gasteiger partial charge on any atom is -0.494 e. The van der Waals surface area contributed by atoms with Crippen molar-refractivity contribution in [3.63, 3.8) is 0 Å². The minimum absolute atomic E-state index is 0.660. The van der Waals surface area contributed by atoms with E-state index < -0.39 is 0 Å². The van der Waals surface area contributed by atoms with E-state index >= 15 is 0 Å². The topological polar surface area (TPSA) is 33.3 Å². The van der Waals surface area contributed by atoms with E-state index in [1.165, 1.54) is 11.1 Å². The molecule has 0 saturated heterocycles. The van der Waals surface area contributed by atoms with E-state index in [-0.39, 0.29) is 0 Å². The highest BCUT2D eigenvalue weighted by Gasteiger charge is 2.00. The number of anilines is 1. The van der Waals surface area contributed by atoms with Crippen molar-refractivity contribution >= 4 is 34.8 Å². The first-order chi connectivity index (χ1) is 12.2. The molecule has 0 atom stereocenters. The molecule has 0 aliphatic carbocycles. The van der Waals surface area contributed by atoms with Crippen LogP contribution in [-0.4, -0.2) is 24.0 Å². The van der Waals surface area contributed by atoms with Gasteiger partial charge in [0.05, 0.1) is 6.61 Å². The van der Waals surface area contributed by atoms with Crippen molar-refractivity contribution in [2.45, 2.75) is 26.0 Å². The molecule has 0 heterocycles. The molecule has 2 aromatic rings. The first-order valence-electron chi connectivity index (χ1n) is 8.59. The Hall–Kier alpha value is -1.72. The minimum atomic E-state index is 0.660. The van der Waals surface area contributed by atoms with Crippen LogP contribution in [0.15, 0.2) is 48.5 Å². The number of hydrogen-bond donors (Lipinski definition) is 2. The lowest BCUT2D eigenvalue weighted by Gasteiger charge is -2.11. The van der Waals surface area contributed by atoms with Gasteiger partial charge in [-0.3, -0.25) is 0 Å². The average molecular weight is 375 g/mol. The predicted octanol–water partition coefficient (Wildman–Crippen LogP) is 5.00. The van der Waals surface area contributed by atoms with Crippen LogP contribution < -0.4 is 15.4 Å². The Morgan fingerprint density at radius 2 is 1.88 bits per heavy atom. The first kappa shape index (κ1) is 19.6. The van der Waals surface area contributed by atoms with Crippen molar-refractivity contribution in [1.29, 1.82) is 0 Å². The van der Waals surface area contributed by atoms with Crippen LogP contribution >= 0.6 is 24.0 Å². The van der Waals surface area contributed by atoms with Gasteiger partial charge in [-0.25, -0.2) is 0 Å². The molecule has 0 aliphatic rings. The molecule has 2 N–H and O–H groups in total. The summed E-state index contributed by atoms with van der Waals surface area (Å²) in [5.41, 5.74) is 3.76. The standard InChI is InChI=1S/C20H26N2OS2/c1-3-23-19-11-9-18(10-12-19)22-20(24)21-13-6-14-25-15-17-8-5-4-7-16(17)2/h4-5,7-12H,3,6,13-15H2,1-2H3,(H2,21,22,24). The highest BCUT2D eigenvalue weighted by molar-refractivity contribution is 7.98. The summed E-state index contributed by atoms with van der Waals surface area (Å²) < 4.78 is 5.43. The lowest BCUT2D eigenvalue weighted by atomic mass is 10.1. The molecule has 134 valence electrons. The van der Waals surface area contributed by atoms with Crippen molar-refractivity contribution in [3.05, 3.63) is 59.7 Å². The molecular formula is C20H26N2OS2. The summed E-state index contributed by atoms with van der Waals surface area (Å²) in [7, 11) is 0. The van der Waals surface area contributed by atoms with E-state index in [9.17, 15) is 0 Å². The lowest BCUT2D eigenvalue weighted by Crippen LogP contribution is -2.29. The molecule has 5 heteroatoms. The van der Waals surface area contributed by atoms with Gasteiger partial charge in [0.25, 0.3) is 0 Å². The number of nitrogens with one attached hydrogen (secondary N) is 2. The van der Waals surface area contributed by atoms with Crippen LogP contribution in [0.25, 0.3) is 0 Å². The van der Waals surface area contributed by atoms with Crippen molar-refractivity contribution in [3.8, 4) is 5.75 Å². The summed E-state index contributed by atoms with van der Waals surface area (Å²) in [6, 6.07) is 16.4. The first-order valence-corrected chi connectivity index (χ1v) is 10.2. The van der Waals surface area contributed by atoms with Gasteiger partial charge in [-0.1, -0.05) is 24.3 Å². The van der Waals surface area contributed by atoms with Crippen LogP contribution in [0, 0.1) is 6.92 Å². The molecule has 0 fully saturated rings. The molecule has 0 bridgehead atoms. The van der Waals surface area contributed by atoms with Crippen LogP contribution in [0.4, 0.5) is 5.69 Å². The van der Waals surface area contributed by atoms with Crippen LogP contribution in [0.1, 0.15) is 24.5 Å². The van der Waals surface area contributed by atoms with E-state index in [0.717, 1.165) is 35.9 Å². The van der Waals surface area contributed by atoms with Gasteiger partial charge in [0, 0.05) is 18.0 Å². The van der Waals surface area contributed by atoms with E-state index in [1.807, 2.05) is 43.0 Å². The van der Waals surface area contributed by atoms with Gasteiger partial charge in [-0.15, -0.1) is 0 Å². The second-order valence-electron chi connectivity index (χ2n) is 5.67. The van der Waals surface area contributed by atoms with Gasteiger partial charge in [0.15, 0.2) is 5.11 Å². The Labute approximate surface area is 160 Å². The van der Waals surface area contributed by atoms with E-state index in [4.69, 9.17) is 17.0 Å². The average Bonchev–Trinajstić information content (AvgIpc) is 2.61. The molecule has 0 amide bonds. The quantitative estimate of drug-likeness (QED) is 0.477. The monoisotopic (exact) mass is 374 g/mol. The third kappa shape index (κ3) is 7.36. The number of benzene rings is 2. The number of hydrogen-bond acceptors (Lipinski definition) is 3. The van der Waals surface area contributed by atoms with Gasteiger partial charge >= 0.3 is 0 Å². The number of thiocarbonyl (C=S) groups is 1. The van der Waals surface area contributed by atoms with E-state index in [0.29, 0.717) is 11.7 Å². The van der Waals surface area contributed by atoms with Crippen LogP contribution in [0.2, 0.25) is 0 Å². The number of rotatable bonds is 9. The molecule has 25 heavy (non-hydrogen) atoms. The van der Waals surface area contributed by atoms with Gasteiger partial charge in [-0.2, -0.15) is 11.8 Å². The molecular weight excluding hydrogens is 348 g/mol. The SMILES string of the molecule is CCOc1ccc(NC(=S)NCCCSCc2ccccc2C)cc1. The third-order valence-corrected chi connectivity index (χ3v) is 5.03. The zero-order valence-electron chi connectivity index (χ0n) is 14.9. The molecule has 0 saturated carbocycles. The van der Waals surface area contributed by atoms with Gasteiger partial charge in [0.1, 0.15) is 5.75 Å². The summed E-state index contributed by atoms with van der Waals surface area (Å²) in [5.74, 6) is 3.06. The molecule has 2 aromatic carbocycles. The summed E-state index contributed by atoms with van der Waals surface area (Å²) in [6.45, 7) is 5.70. The molecule has 0 unspecified atom stereocenters. The molecule has 0 aromatic heterocycles. The normalized spacial score (nSPS) is 10.3. The zero-order chi connectivity index (χ0) is 17.9. The zero-order valence-corrected chi connectivity index (χ0v) is 16.5. The number of thioether (sulfide) groups is 1. The summed E-state index contributed by atoms with van der Waals surface area (Å²) in [5, 5.41) is 7.11. The van der Waals surface area contributed by atoms with Gasteiger partial charge in [0.2, 0.25) is 0 Å². The van der Waals surface area contributed by atoms with E-state index in [2.05, 4.69) is 41.8 Å². The fourth-order valence-electron chi connectivity index (χ4n) is 2.31.